The van der Waals surface area contributed by atoms with Gasteiger partial charge in [0, 0.05) is 24.1 Å². The molecule has 7 heteroatoms. The van der Waals surface area contributed by atoms with E-state index in [1.165, 1.54) is 18.0 Å². The van der Waals surface area contributed by atoms with Gasteiger partial charge in [-0.1, -0.05) is 0 Å². The number of carbonyl (C=O) groups is 2. The van der Waals surface area contributed by atoms with Crippen molar-refractivity contribution >= 4 is 22.8 Å². The quantitative estimate of drug-likeness (QED) is 0.782. The number of H-pyrrole nitrogens is 1. The van der Waals surface area contributed by atoms with Crippen LogP contribution in [0.4, 0.5) is 4.79 Å². The summed E-state index contributed by atoms with van der Waals surface area (Å²) in [5, 5.41) is 5.96. The second-order valence-electron chi connectivity index (χ2n) is 6.71. The highest BCUT2D eigenvalue weighted by molar-refractivity contribution is 5.96. The normalized spacial score (nSPS) is 17.0. The van der Waals surface area contributed by atoms with Crippen LogP contribution in [0, 0.1) is 0 Å². The van der Waals surface area contributed by atoms with E-state index in [-0.39, 0.29) is 11.9 Å². The number of ether oxygens (including phenoxy) is 1. The zero-order valence-corrected chi connectivity index (χ0v) is 15.5. The topological polar surface area (TPSA) is 86.5 Å². The Morgan fingerprint density at radius 1 is 1.31 bits per heavy atom. The number of hydrogen-bond donors (Lipinski definition) is 3. The Morgan fingerprint density at radius 3 is 2.69 bits per heavy atom. The maximum atomic E-state index is 12.1. The SMILES string of the molecule is CNC(=O)NC(=O)[C@@H](C)N1CCC(c2c[nH]c3ccc(OC)cc23)CC1. The van der Waals surface area contributed by atoms with Gasteiger partial charge in [0.05, 0.1) is 13.2 Å². The van der Waals surface area contributed by atoms with Crippen molar-refractivity contribution in [3.63, 3.8) is 0 Å². The molecule has 3 amide bonds. The zero-order chi connectivity index (χ0) is 18.7. The zero-order valence-electron chi connectivity index (χ0n) is 15.5. The van der Waals surface area contributed by atoms with Crippen molar-refractivity contribution in [2.45, 2.75) is 31.7 Å². The number of rotatable bonds is 4. The first-order chi connectivity index (χ1) is 12.5. The number of fused-ring (bicyclic) bond motifs is 1. The highest BCUT2D eigenvalue weighted by Crippen LogP contribution is 2.35. The Hall–Kier alpha value is -2.54. The van der Waals surface area contributed by atoms with Crippen LogP contribution in [0.2, 0.25) is 0 Å². The second-order valence-corrected chi connectivity index (χ2v) is 6.71. The van der Waals surface area contributed by atoms with Gasteiger partial charge in [-0.05, 0) is 62.5 Å². The Balaban J connectivity index is 1.65. The van der Waals surface area contributed by atoms with Crippen LogP contribution in [-0.4, -0.2) is 55.1 Å². The standard InChI is InChI=1S/C19H26N4O3/c1-12(18(24)22-19(25)20-2)23-8-6-13(7-9-23)16-11-21-17-5-4-14(26-3)10-15(16)17/h4-5,10-13,21H,6-9H2,1-3H3,(H2,20,22,24,25)/t12-/m1/s1. The van der Waals surface area contributed by atoms with E-state index in [4.69, 9.17) is 4.74 Å². The van der Waals surface area contributed by atoms with Gasteiger partial charge in [0.25, 0.3) is 0 Å². The summed E-state index contributed by atoms with van der Waals surface area (Å²) in [4.78, 5) is 28.9. The Morgan fingerprint density at radius 2 is 2.04 bits per heavy atom. The minimum Gasteiger partial charge on any atom is -0.497 e. The number of nitrogens with zero attached hydrogens (tertiary/aromatic N) is 1. The predicted molar refractivity (Wildman–Crippen MR) is 100 cm³/mol. The van der Waals surface area contributed by atoms with Crippen LogP contribution in [0.3, 0.4) is 0 Å². The summed E-state index contributed by atoms with van der Waals surface area (Å²) in [6.45, 7) is 3.49. The van der Waals surface area contributed by atoms with Gasteiger partial charge in [0.15, 0.2) is 0 Å². The maximum absolute atomic E-state index is 12.1. The van der Waals surface area contributed by atoms with Crippen LogP contribution < -0.4 is 15.4 Å². The van der Waals surface area contributed by atoms with E-state index >= 15 is 0 Å². The smallest absolute Gasteiger partial charge is 0.321 e. The van der Waals surface area contributed by atoms with E-state index < -0.39 is 6.03 Å². The molecule has 3 N–H and O–H groups in total. The number of aromatic amines is 1. The van der Waals surface area contributed by atoms with Gasteiger partial charge in [-0.25, -0.2) is 4.79 Å². The molecule has 1 fully saturated rings. The third-order valence-electron chi connectivity index (χ3n) is 5.28. The Kier molecular flexibility index (Phi) is 5.46. The third kappa shape index (κ3) is 3.67. The number of carbonyl (C=O) groups excluding carboxylic acids is 2. The van der Waals surface area contributed by atoms with Crippen LogP contribution >= 0.6 is 0 Å². The van der Waals surface area contributed by atoms with Crippen LogP contribution in [-0.2, 0) is 4.79 Å². The molecule has 0 unspecified atom stereocenters. The molecule has 0 aliphatic carbocycles. The fourth-order valence-corrected chi connectivity index (χ4v) is 3.63. The van der Waals surface area contributed by atoms with E-state index in [1.807, 2.05) is 19.1 Å². The van der Waals surface area contributed by atoms with Gasteiger partial charge in [0.2, 0.25) is 5.91 Å². The number of urea groups is 1. The molecule has 3 rings (SSSR count). The van der Waals surface area contributed by atoms with Gasteiger partial charge in [-0.15, -0.1) is 0 Å². The summed E-state index contributed by atoms with van der Waals surface area (Å²) in [5.41, 5.74) is 2.42. The average Bonchev–Trinajstić information content (AvgIpc) is 3.10. The Bertz CT molecular complexity index is 793. The molecule has 26 heavy (non-hydrogen) atoms. The molecular formula is C19H26N4O3. The fourth-order valence-electron chi connectivity index (χ4n) is 3.63. The molecule has 0 bridgehead atoms. The third-order valence-corrected chi connectivity index (χ3v) is 5.28. The molecule has 7 nitrogen and oxygen atoms in total. The number of aromatic nitrogens is 1. The van der Waals surface area contributed by atoms with Crippen molar-refractivity contribution < 1.29 is 14.3 Å². The summed E-state index contributed by atoms with van der Waals surface area (Å²) < 4.78 is 5.35. The minimum atomic E-state index is -0.468. The number of benzene rings is 1. The van der Waals surface area contributed by atoms with E-state index in [0.29, 0.717) is 5.92 Å². The first kappa shape index (κ1) is 18.3. The minimum absolute atomic E-state index is 0.264. The van der Waals surface area contributed by atoms with Crippen LogP contribution in [0.1, 0.15) is 31.2 Å². The van der Waals surface area contributed by atoms with Gasteiger partial charge < -0.3 is 15.0 Å². The Labute approximate surface area is 153 Å². The molecule has 1 saturated heterocycles. The molecular weight excluding hydrogens is 332 g/mol. The van der Waals surface area contributed by atoms with Crippen molar-refractivity contribution in [1.82, 2.24) is 20.5 Å². The van der Waals surface area contributed by atoms with Crippen molar-refractivity contribution in [2.75, 3.05) is 27.2 Å². The lowest BCUT2D eigenvalue weighted by molar-refractivity contribution is -0.125. The number of amides is 3. The number of imide groups is 1. The number of likely N-dealkylation sites (tertiary alicyclic amines) is 1. The molecule has 0 radical (unpaired) electrons. The molecule has 1 atom stereocenters. The lowest BCUT2D eigenvalue weighted by atomic mass is 9.88. The summed E-state index contributed by atoms with van der Waals surface area (Å²) in [5.74, 6) is 1.04. The molecule has 140 valence electrons. The van der Waals surface area contributed by atoms with Gasteiger partial charge in [0.1, 0.15) is 5.75 Å². The maximum Gasteiger partial charge on any atom is 0.321 e. The van der Waals surface area contributed by atoms with E-state index in [0.717, 1.165) is 37.2 Å². The van der Waals surface area contributed by atoms with Crippen LogP contribution in [0.25, 0.3) is 10.9 Å². The molecule has 0 spiro atoms. The molecule has 1 aliphatic heterocycles. The highest BCUT2D eigenvalue weighted by Gasteiger charge is 2.28. The van der Waals surface area contributed by atoms with Crippen LogP contribution in [0.15, 0.2) is 24.4 Å². The van der Waals surface area contributed by atoms with Crippen molar-refractivity contribution in [2.24, 2.45) is 0 Å². The molecule has 1 aromatic carbocycles. The molecule has 2 aromatic rings. The lowest BCUT2D eigenvalue weighted by Gasteiger charge is -2.35. The highest BCUT2D eigenvalue weighted by atomic mass is 16.5. The monoisotopic (exact) mass is 358 g/mol. The van der Waals surface area contributed by atoms with Gasteiger partial charge in [-0.3, -0.25) is 15.0 Å². The van der Waals surface area contributed by atoms with Gasteiger partial charge in [-0.2, -0.15) is 0 Å². The molecule has 2 heterocycles. The first-order valence-electron chi connectivity index (χ1n) is 8.95. The van der Waals surface area contributed by atoms with Crippen molar-refractivity contribution in [1.29, 1.82) is 0 Å². The van der Waals surface area contributed by atoms with Gasteiger partial charge >= 0.3 is 6.03 Å². The average molecular weight is 358 g/mol. The predicted octanol–water partition coefficient (Wildman–Crippen LogP) is 2.20. The van der Waals surface area contributed by atoms with E-state index in [1.54, 1.807) is 7.11 Å². The van der Waals surface area contributed by atoms with Crippen LogP contribution in [0.5, 0.6) is 5.75 Å². The van der Waals surface area contributed by atoms with E-state index in [2.05, 4.69) is 32.8 Å². The number of piperidine rings is 1. The lowest BCUT2D eigenvalue weighted by Crippen LogP contribution is -2.50. The number of nitrogens with one attached hydrogen (secondary N) is 3. The van der Waals surface area contributed by atoms with E-state index in [9.17, 15) is 9.59 Å². The summed E-state index contributed by atoms with van der Waals surface area (Å²) in [6.07, 6.45) is 4.04. The molecule has 1 aromatic heterocycles. The summed E-state index contributed by atoms with van der Waals surface area (Å²) >= 11 is 0. The summed E-state index contributed by atoms with van der Waals surface area (Å²) in [7, 11) is 3.17. The molecule has 0 saturated carbocycles. The summed E-state index contributed by atoms with van der Waals surface area (Å²) in [6, 6.07) is 5.28. The first-order valence-corrected chi connectivity index (χ1v) is 8.95. The molecule has 1 aliphatic rings. The van der Waals surface area contributed by atoms with Crippen molar-refractivity contribution in [3.8, 4) is 5.75 Å². The largest absolute Gasteiger partial charge is 0.497 e. The number of methoxy groups -OCH3 is 1. The second kappa shape index (κ2) is 7.78. The number of hydrogen-bond acceptors (Lipinski definition) is 4. The van der Waals surface area contributed by atoms with Crippen molar-refractivity contribution in [3.05, 3.63) is 30.0 Å². The fraction of sp³-hybridized carbons (Fsp3) is 0.474.